The smallest absolute Gasteiger partial charge is 0.191 e. The Hall–Kier alpha value is -0.930. The van der Waals surface area contributed by atoms with Gasteiger partial charge in [-0.3, -0.25) is 4.99 Å². The highest BCUT2D eigenvalue weighted by Crippen LogP contribution is 2.02. The average Bonchev–Trinajstić information content (AvgIpc) is 2.60. The highest BCUT2D eigenvalue weighted by Gasteiger charge is 1.98. The first-order valence-corrected chi connectivity index (χ1v) is 8.60. The summed E-state index contributed by atoms with van der Waals surface area (Å²) in [4.78, 5) is 4.16. The number of rotatable bonds is 12. The standard InChI is InChI=1S/C18H30FN3O2.HI/c1-3-4-12-23-14-15-24-13-11-22-18(20-2)21-10-9-16-5-7-17(19)8-6-16;/h5-8H,3-4,9-15H2,1-2H3,(H2,20,21,22);1H. The van der Waals surface area contributed by atoms with Gasteiger partial charge in [-0.25, -0.2) is 4.39 Å². The predicted octanol–water partition coefficient (Wildman–Crippen LogP) is 2.98. The van der Waals surface area contributed by atoms with E-state index < -0.39 is 0 Å². The topological polar surface area (TPSA) is 54.9 Å². The summed E-state index contributed by atoms with van der Waals surface area (Å²) in [6, 6.07) is 6.55. The minimum absolute atomic E-state index is 0. The van der Waals surface area contributed by atoms with Crippen molar-refractivity contribution in [3.05, 3.63) is 35.6 Å². The Labute approximate surface area is 167 Å². The van der Waals surface area contributed by atoms with Crippen LogP contribution >= 0.6 is 24.0 Å². The first-order valence-electron chi connectivity index (χ1n) is 8.60. The summed E-state index contributed by atoms with van der Waals surface area (Å²) in [5.74, 6) is 0.528. The minimum atomic E-state index is -0.208. The fourth-order valence-electron chi connectivity index (χ4n) is 2.01. The summed E-state index contributed by atoms with van der Waals surface area (Å²) in [5, 5.41) is 6.41. The minimum Gasteiger partial charge on any atom is -0.379 e. The summed E-state index contributed by atoms with van der Waals surface area (Å²) < 4.78 is 23.7. The molecule has 144 valence electrons. The van der Waals surface area contributed by atoms with Crippen molar-refractivity contribution in [3.63, 3.8) is 0 Å². The van der Waals surface area contributed by atoms with Crippen molar-refractivity contribution in [1.29, 1.82) is 0 Å². The first kappa shape index (κ1) is 24.1. The molecular formula is C18H31FIN3O2. The third-order valence-corrected chi connectivity index (χ3v) is 3.40. The molecule has 0 fully saturated rings. The number of unbranched alkanes of at least 4 members (excludes halogenated alkanes) is 1. The van der Waals surface area contributed by atoms with Gasteiger partial charge in [0.2, 0.25) is 0 Å². The second-order valence-corrected chi connectivity index (χ2v) is 5.38. The fraction of sp³-hybridized carbons (Fsp3) is 0.611. The lowest BCUT2D eigenvalue weighted by molar-refractivity contribution is 0.0487. The molecule has 0 atom stereocenters. The van der Waals surface area contributed by atoms with Gasteiger partial charge in [0.1, 0.15) is 5.82 Å². The summed E-state index contributed by atoms with van der Waals surface area (Å²) in [6.45, 7) is 6.24. The van der Waals surface area contributed by atoms with Crippen LogP contribution in [0.5, 0.6) is 0 Å². The molecule has 0 bridgehead atoms. The summed E-state index contributed by atoms with van der Waals surface area (Å²) in [6.07, 6.45) is 3.06. The molecule has 0 radical (unpaired) electrons. The van der Waals surface area contributed by atoms with Crippen LogP contribution in [0.2, 0.25) is 0 Å². The maximum Gasteiger partial charge on any atom is 0.191 e. The van der Waals surface area contributed by atoms with Gasteiger partial charge in [0.15, 0.2) is 5.96 Å². The molecule has 0 aliphatic heterocycles. The lowest BCUT2D eigenvalue weighted by Gasteiger charge is -2.12. The van der Waals surface area contributed by atoms with Crippen molar-refractivity contribution in [1.82, 2.24) is 10.6 Å². The van der Waals surface area contributed by atoms with Crippen LogP contribution in [0.3, 0.4) is 0 Å². The van der Waals surface area contributed by atoms with Gasteiger partial charge in [0.05, 0.1) is 19.8 Å². The Bertz CT molecular complexity index is 458. The molecule has 1 aromatic carbocycles. The zero-order valence-electron chi connectivity index (χ0n) is 15.2. The molecule has 2 N–H and O–H groups in total. The van der Waals surface area contributed by atoms with Crippen LogP contribution in [-0.4, -0.2) is 52.5 Å². The predicted molar refractivity (Wildman–Crippen MR) is 111 cm³/mol. The van der Waals surface area contributed by atoms with Crippen molar-refractivity contribution in [2.45, 2.75) is 26.2 Å². The van der Waals surface area contributed by atoms with E-state index in [4.69, 9.17) is 9.47 Å². The van der Waals surface area contributed by atoms with E-state index in [1.54, 1.807) is 19.2 Å². The monoisotopic (exact) mass is 467 g/mol. The highest BCUT2D eigenvalue weighted by molar-refractivity contribution is 14.0. The lowest BCUT2D eigenvalue weighted by Crippen LogP contribution is -2.39. The van der Waals surface area contributed by atoms with Crippen LogP contribution in [0.4, 0.5) is 4.39 Å². The van der Waals surface area contributed by atoms with E-state index in [1.807, 2.05) is 0 Å². The number of nitrogens with zero attached hydrogens (tertiary/aromatic N) is 1. The number of nitrogens with one attached hydrogen (secondary N) is 2. The number of guanidine groups is 1. The zero-order chi connectivity index (χ0) is 17.5. The lowest BCUT2D eigenvalue weighted by atomic mass is 10.1. The molecule has 0 amide bonds. The molecule has 0 saturated carbocycles. The third kappa shape index (κ3) is 13.0. The largest absolute Gasteiger partial charge is 0.379 e. The molecular weight excluding hydrogens is 436 g/mol. The van der Waals surface area contributed by atoms with Crippen molar-refractivity contribution in [2.75, 3.05) is 46.6 Å². The normalized spacial score (nSPS) is 11.1. The van der Waals surface area contributed by atoms with Gasteiger partial charge in [-0.1, -0.05) is 25.5 Å². The average molecular weight is 467 g/mol. The molecule has 5 nitrogen and oxygen atoms in total. The Balaban J connectivity index is 0.00000576. The van der Waals surface area contributed by atoms with Gasteiger partial charge in [0.25, 0.3) is 0 Å². The molecule has 0 unspecified atom stereocenters. The molecule has 1 aromatic rings. The van der Waals surface area contributed by atoms with Crippen LogP contribution in [0, 0.1) is 5.82 Å². The number of benzene rings is 1. The van der Waals surface area contributed by atoms with Crippen LogP contribution in [0.15, 0.2) is 29.3 Å². The molecule has 0 spiro atoms. The van der Waals surface area contributed by atoms with E-state index in [0.717, 1.165) is 43.9 Å². The summed E-state index contributed by atoms with van der Waals surface area (Å²) in [5.41, 5.74) is 1.09. The second kappa shape index (κ2) is 16.5. The number of ether oxygens (including phenoxy) is 2. The number of hydrogen-bond donors (Lipinski definition) is 2. The fourth-order valence-corrected chi connectivity index (χ4v) is 2.01. The van der Waals surface area contributed by atoms with E-state index in [2.05, 4.69) is 22.5 Å². The molecule has 0 aliphatic rings. The number of halogens is 2. The van der Waals surface area contributed by atoms with Crippen molar-refractivity contribution < 1.29 is 13.9 Å². The number of hydrogen-bond acceptors (Lipinski definition) is 3. The van der Waals surface area contributed by atoms with Crippen LogP contribution in [0.25, 0.3) is 0 Å². The molecule has 0 heterocycles. The molecule has 25 heavy (non-hydrogen) atoms. The molecule has 0 saturated heterocycles. The Kier molecular flexibility index (Phi) is 15.9. The van der Waals surface area contributed by atoms with Gasteiger partial charge >= 0.3 is 0 Å². The van der Waals surface area contributed by atoms with Gasteiger partial charge in [0, 0.05) is 26.7 Å². The van der Waals surface area contributed by atoms with Gasteiger partial charge < -0.3 is 20.1 Å². The first-order chi connectivity index (χ1) is 11.8. The third-order valence-electron chi connectivity index (χ3n) is 3.40. The molecule has 0 aliphatic carbocycles. The maximum absolute atomic E-state index is 12.8. The Morgan fingerprint density at radius 2 is 1.64 bits per heavy atom. The second-order valence-electron chi connectivity index (χ2n) is 5.38. The van der Waals surface area contributed by atoms with E-state index >= 15 is 0 Å². The van der Waals surface area contributed by atoms with Gasteiger partial charge in [-0.05, 0) is 30.5 Å². The summed E-state index contributed by atoms with van der Waals surface area (Å²) in [7, 11) is 1.73. The Morgan fingerprint density at radius 1 is 1.00 bits per heavy atom. The summed E-state index contributed by atoms with van der Waals surface area (Å²) >= 11 is 0. The van der Waals surface area contributed by atoms with Gasteiger partial charge in [-0.2, -0.15) is 0 Å². The van der Waals surface area contributed by atoms with Crippen LogP contribution in [0.1, 0.15) is 25.3 Å². The van der Waals surface area contributed by atoms with E-state index in [1.165, 1.54) is 12.1 Å². The van der Waals surface area contributed by atoms with E-state index in [9.17, 15) is 4.39 Å². The number of aliphatic imine (C=N–C) groups is 1. The van der Waals surface area contributed by atoms with Crippen molar-refractivity contribution >= 4 is 29.9 Å². The molecule has 1 rings (SSSR count). The van der Waals surface area contributed by atoms with E-state index in [0.29, 0.717) is 26.4 Å². The SMILES string of the molecule is CCCCOCCOCCNC(=NC)NCCc1ccc(F)cc1.I. The molecule has 0 aromatic heterocycles. The highest BCUT2D eigenvalue weighted by atomic mass is 127. The zero-order valence-corrected chi connectivity index (χ0v) is 17.6. The quantitative estimate of drug-likeness (QED) is 0.215. The van der Waals surface area contributed by atoms with Crippen LogP contribution in [-0.2, 0) is 15.9 Å². The Morgan fingerprint density at radius 3 is 2.28 bits per heavy atom. The molecule has 7 heteroatoms. The van der Waals surface area contributed by atoms with Crippen molar-refractivity contribution in [2.24, 2.45) is 4.99 Å². The van der Waals surface area contributed by atoms with Gasteiger partial charge in [-0.15, -0.1) is 24.0 Å². The van der Waals surface area contributed by atoms with E-state index in [-0.39, 0.29) is 29.8 Å². The van der Waals surface area contributed by atoms with Crippen LogP contribution < -0.4 is 10.6 Å². The van der Waals surface area contributed by atoms with Crippen molar-refractivity contribution in [3.8, 4) is 0 Å². The maximum atomic E-state index is 12.8.